The molecule has 1 spiro atoms. The fraction of sp³-hybridized carbons (Fsp3) is 0.600. The molecule has 0 radical (unpaired) electrons. The Morgan fingerprint density at radius 1 is 1.22 bits per heavy atom. The van der Waals surface area contributed by atoms with Gasteiger partial charge in [-0.1, -0.05) is 25.7 Å². The van der Waals surface area contributed by atoms with Gasteiger partial charge in [-0.25, -0.2) is 4.39 Å². The summed E-state index contributed by atoms with van der Waals surface area (Å²) in [6, 6.07) is 1.10. The Labute approximate surface area is 220 Å². The number of fused-ring (bicyclic) bond motifs is 1. The second-order valence-electron chi connectivity index (χ2n) is 10.7. The SMILES string of the molecule is CN(C(=O)[C@@H](N)CC1CC1)[C@@H](CC1CC1)C(=O)N1C[C@@]2(C[C@H]1C(N)=O)Oc1ccc(F)cc1NC2=O.Cl. The smallest absolute Gasteiger partial charge is 0.270 e. The van der Waals surface area contributed by atoms with Crippen molar-refractivity contribution in [2.75, 3.05) is 18.9 Å². The van der Waals surface area contributed by atoms with E-state index in [0.717, 1.165) is 31.7 Å². The lowest BCUT2D eigenvalue weighted by Gasteiger charge is -2.36. The number of carbonyl (C=O) groups is 4. The summed E-state index contributed by atoms with van der Waals surface area (Å²) >= 11 is 0. The summed E-state index contributed by atoms with van der Waals surface area (Å²) in [6.45, 7) is -0.223. The quantitative estimate of drug-likeness (QED) is 0.453. The number of hydrogen-bond acceptors (Lipinski definition) is 6. The summed E-state index contributed by atoms with van der Waals surface area (Å²) in [7, 11) is 1.57. The van der Waals surface area contributed by atoms with E-state index >= 15 is 0 Å². The highest BCUT2D eigenvalue weighted by molar-refractivity contribution is 6.03. The molecule has 12 heteroatoms. The minimum atomic E-state index is -1.56. The Morgan fingerprint density at radius 2 is 1.86 bits per heavy atom. The average Bonchev–Trinajstić information content (AvgIpc) is 3.77. The van der Waals surface area contributed by atoms with Crippen molar-refractivity contribution in [1.29, 1.82) is 0 Å². The van der Waals surface area contributed by atoms with Crippen molar-refractivity contribution >= 4 is 41.7 Å². The van der Waals surface area contributed by atoms with E-state index in [1.165, 1.54) is 21.9 Å². The highest BCUT2D eigenvalue weighted by atomic mass is 35.5. The van der Waals surface area contributed by atoms with Crippen LogP contribution in [0, 0.1) is 17.7 Å². The minimum absolute atomic E-state index is 0. The van der Waals surface area contributed by atoms with E-state index in [1.54, 1.807) is 7.05 Å². The molecule has 3 fully saturated rings. The Kier molecular flexibility index (Phi) is 7.40. The number of primary amides is 1. The summed E-state index contributed by atoms with van der Waals surface area (Å²) in [5.74, 6) is -1.68. The van der Waals surface area contributed by atoms with Gasteiger partial charge in [0.2, 0.25) is 23.3 Å². The molecule has 0 aromatic heterocycles. The van der Waals surface area contributed by atoms with Gasteiger partial charge in [0.1, 0.15) is 23.7 Å². The van der Waals surface area contributed by atoms with E-state index in [0.29, 0.717) is 24.7 Å². The van der Waals surface area contributed by atoms with E-state index in [2.05, 4.69) is 5.32 Å². The number of nitrogens with two attached hydrogens (primary N) is 2. The maximum absolute atomic E-state index is 13.9. The molecular weight excluding hydrogens is 505 g/mol. The molecule has 4 atom stereocenters. The van der Waals surface area contributed by atoms with Gasteiger partial charge in [0.05, 0.1) is 18.3 Å². The summed E-state index contributed by atoms with van der Waals surface area (Å²) in [6.07, 6.45) is 4.92. The van der Waals surface area contributed by atoms with E-state index in [1.807, 2.05) is 0 Å². The van der Waals surface area contributed by atoms with Crippen molar-refractivity contribution in [2.45, 2.75) is 68.7 Å². The van der Waals surface area contributed by atoms with Crippen LogP contribution < -0.4 is 21.5 Å². The van der Waals surface area contributed by atoms with Gasteiger partial charge in [0.25, 0.3) is 5.91 Å². The predicted octanol–water partition coefficient (Wildman–Crippen LogP) is 1.16. The molecule has 5 rings (SSSR count). The summed E-state index contributed by atoms with van der Waals surface area (Å²) in [4.78, 5) is 55.2. The number of carbonyl (C=O) groups excluding carboxylic acids is 4. The first kappa shape index (κ1) is 27.1. The predicted molar refractivity (Wildman–Crippen MR) is 134 cm³/mol. The van der Waals surface area contributed by atoms with Crippen molar-refractivity contribution < 1.29 is 28.3 Å². The number of anilines is 1. The van der Waals surface area contributed by atoms with Gasteiger partial charge in [-0.05, 0) is 36.8 Å². The van der Waals surface area contributed by atoms with Crippen LogP contribution in [-0.4, -0.2) is 70.7 Å². The summed E-state index contributed by atoms with van der Waals surface area (Å²) in [5.41, 5.74) is 10.4. The molecule has 5 N–H and O–H groups in total. The molecule has 0 bridgehead atoms. The van der Waals surface area contributed by atoms with Crippen LogP contribution in [0.5, 0.6) is 5.75 Å². The van der Waals surface area contributed by atoms with Crippen molar-refractivity contribution in [3.63, 3.8) is 0 Å². The number of amides is 4. The van der Waals surface area contributed by atoms with E-state index in [-0.39, 0.29) is 42.7 Å². The molecule has 2 heterocycles. The van der Waals surface area contributed by atoms with Crippen LogP contribution in [-0.2, 0) is 19.2 Å². The highest BCUT2D eigenvalue weighted by Gasteiger charge is 2.57. The van der Waals surface area contributed by atoms with Gasteiger partial charge < -0.3 is 31.3 Å². The van der Waals surface area contributed by atoms with Crippen LogP contribution >= 0.6 is 12.4 Å². The number of likely N-dealkylation sites (tertiary alicyclic amines) is 1. The molecule has 2 aliphatic carbocycles. The number of nitrogens with one attached hydrogen (secondary N) is 1. The Bertz CT molecular complexity index is 1110. The Balaban J connectivity index is 0.00000320. The zero-order valence-corrected chi connectivity index (χ0v) is 21.5. The number of ether oxygens (including phenoxy) is 1. The van der Waals surface area contributed by atoms with Crippen molar-refractivity contribution in [2.24, 2.45) is 23.3 Å². The molecule has 1 saturated heterocycles. The van der Waals surface area contributed by atoms with Gasteiger partial charge in [-0.2, -0.15) is 0 Å². The highest BCUT2D eigenvalue weighted by Crippen LogP contribution is 2.42. The first-order valence-corrected chi connectivity index (χ1v) is 12.5. The fourth-order valence-electron chi connectivity index (χ4n) is 5.29. The Morgan fingerprint density at radius 3 is 2.49 bits per heavy atom. The van der Waals surface area contributed by atoms with Gasteiger partial charge in [0, 0.05) is 19.5 Å². The van der Waals surface area contributed by atoms with Crippen LogP contribution in [0.15, 0.2) is 18.2 Å². The molecule has 202 valence electrons. The first-order valence-electron chi connectivity index (χ1n) is 12.5. The van der Waals surface area contributed by atoms with Crippen LogP contribution in [0.3, 0.4) is 0 Å². The van der Waals surface area contributed by atoms with E-state index in [4.69, 9.17) is 16.2 Å². The monoisotopic (exact) mass is 537 g/mol. The van der Waals surface area contributed by atoms with Gasteiger partial charge >= 0.3 is 0 Å². The molecule has 0 unspecified atom stereocenters. The van der Waals surface area contributed by atoms with Crippen LogP contribution in [0.25, 0.3) is 0 Å². The zero-order chi connectivity index (χ0) is 25.8. The second-order valence-corrected chi connectivity index (χ2v) is 10.7. The number of rotatable bonds is 8. The number of likely N-dealkylation sites (N-methyl/N-ethyl adjacent to an activating group) is 1. The normalized spacial score (nSPS) is 25.9. The number of nitrogens with zero attached hydrogens (tertiary/aromatic N) is 2. The maximum Gasteiger partial charge on any atom is 0.270 e. The molecular formula is C25H33ClFN5O5. The van der Waals surface area contributed by atoms with Crippen molar-refractivity contribution in [3.05, 3.63) is 24.0 Å². The van der Waals surface area contributed by atoms with Gasteiger partial charge in [-0.3, -0.25) is 19.2 Å². The van der Waals surface area contributed by atoms with Crippen molar-refractivity contribution in [3.8, 4) is 5.75 Å². The molecule has 2 saturated carbocycles. The van der Waals surface area contributed by atoms with E-state index < -0.39 is 47.3 Å². The third-order valence-electron chi connectivity index (χ3n) is 7.80. The summed E-state index contributed by atoms with van der Waals surface area (Å²) < 4.78 is 19.6. The minimum Gasteiger partial charge on any atom is -0.473 e. The fourth-order valence-corrected chi connectivity index (χ4v) is 5.29. The topological polar surface area (TPSA) is 148 Å². The zero-order valence-electron chi connectivity index (χ0n) is 20.7. The molecule has 1 aromatic carbocycles. The number of halogens is 2. The number of benzene rings is 1. The maximum atomic E-state index is 13.9. The standard InChI is InChI=1S/C25H32FN5O5.ClH/c1-30(22(33)16(27)8-13-2-3-13)18(9-14-4-5-14)23(34)31-12-25(11-19(31)21(28)32)24(35)29-17-10-15(26)6-7-20(17)36-25;/h6-7,10,13-14,16,18-19H,2-5,8-9,11-12,27H2,1H3,(H2,28,32)(H,29,35);1H/t16-,18-,19-,25+;/m0./s1. The molecule has 10 nitrogen and oxygen atoms in total. The van der Waals surface area contributed by atoms with Crippen molar-refractivity contribution in [1.82, 2.24) is 9.80 Å². The van der Waals surface area contributed by atoms with Crippen LogP contribution in [0.2, 0.25) is 0 Å². The Hall–Kier alpha value is -2.92. The van der Waals surface area contributed by atoms with Crippen LogP contribution in [0.1, 0.15) is 44.9 Å². The molecule has 2 aliphatic heterocycles. The second kappa shape index (κ2) is 10.1. The molecule has 37 heavy (non-hydrogen) atoms. The summed E-state index contributed by atoms with van der Waals surface area (Å²) in [5, 5.41) is 2.63. The lowest BCUT2D eigenvalue weighted by atomic mass is 9.96. The molecule has 4 amide bonds. The van der Waals surface area contributed by atoms with E-state index in [9.17, 15) is 23.6 Å². The lowest BCUT2D eigenvalue weighted by Crippen LogP contribution is -2.57. The average molecular weight is 538 g/mol. The first-order chi connectivity index (χ1) is 17.1. The lowest BCUT2D eigenvalue weighted by molar-refractivity contribution is -0.148. The third kappa shape index (κ3) is 5.38. The van der Waals surface area contributed by atoms with Crippen LogP contribution in [0.4, 0.5) is 10.1 Å². The third-order valence-corrected chi connectivity index (χ3v) is 7.80. The molecule has 4 aliphatic rings. The number of hydrogen-bond donors (Lipinski definition) is 3. The largest absolute Gasteiger partial charge is 0.473 e. The van der Waals surface area contributed by atoms with Gasteiger partial charge in [-0.15, -0.1) is 12.4 Å². The van der Waals surface area contributed by atoms with Gasteiger partial charge in [0.15, 0.2) is 0 Å². The molecule has 1 aromatic rings.